The molecule has 1 aromatic carbocycles. The molecule has 0 radical (unpaired) electrons. The van der Waals surface area contributed by atoms with Crippen molar-refractivity contribution >= 4 is 23.3 Å². The van der Waals surface area contributed by atoms with Crippen LogP contribution in [-0.4, -0.2) is 16.8 Å². The van der Waals surface area contributed by atoms with E-state index in [0.717, 1.165) is 39.2 Å². The second-order valence-corrected chi connectivity index (χ2v) is 4.79. The molecule has 1 aliphatic rings. The molecule has 4 rings (SSSR count). The topological polar surface area (TPSA) is 44.2 Å². The van der Waals surface area contributed by atoms with Crippen LogP contribution in [0.5, 0.6) is 11.5 Å². The SMILES string of the molecule is Cc1cc(-c2cccnc2)nc2cc3c(cc12)OCO3.Cl. The number of nitrogens with zero attached hydrogens (tertiary/aromatic N) is 2. The van der Waals surface area contributed by atoms with Crippen LogP contribution in [0.3, 0.4) is 0 Å². The maximum atomic E-state index is 5.42. The fourth-order valence-electron chi connectivity index (χ4n) is 2.45. The van der Waals surface area contributed by atoms with E-state index < -0.39 is 0 Å². The molecule has 0 aliphatic carbocycles. The molecule has 21 heavy (non-hydrogen) atoms. The summed E-state index contributed by atoms with van der Waals surface area (Å²) < 4.78 is 10.8. The molecule has 0 N–H and O–H groups in total. The summed E-state index contributed by atoms with van der Waals surface area (Å²) in [7, 11) is 0. The number of halogens is 1. The van der Waals surface area contributed by atoms with E-state index in [0.29, 0.717) is 0 Å². The maximum absolute atomic E-state index is 5.42. The summed E-state index contributed by atoms with van der Waals surface area (Å²) in [6, 6.07) is 9.92. The Labute approximate surface area is 128 Å². The highest BCUT2D eigenvalue weighted by atomic mass is 35.5. The molecule has 0 bridgehead atoms. The number of hydrogen-bond acceptors (Lipinski definition) is 4. The van der Waals surface area contributed by atoms with Crippen LogP contribution in [-0.2, 0) is 0 Å². The summed E-state index contributed by atoms with van der Waals surface area (Å²) in [6.07, 6.45) is 3.58. The van der Waals surface area contributed by atoms with Crippen LogP contribution in [0.25, 0.3) is 22.2 Å². The van der Waals surface area contributed by atoms with Gasteiger partial charge >= 0.3 is 0 Å². The van der Waals surface area contributed by atoms with Gasteiger partial charge in [0.25, 0.3) is 0 Å². The number of fused-ring (bicyclic) bond motifs is 2. The lowest BCUT2D eigenvalue weighted by molar-refractivity contribution is 0.174. The van der Waals surface area contributed by atoms with Gasteiger partial charge in [-0.2, -0.15) is 0 Å². The molecule has 0 saturated heterocycles. The molecule has 1 aliphatic heterocycles. The Hall–Kier alpha value is -2.33. The fraction of sp³-hybridized carbons (Fsp3) is 0.125. The second-order valence-electron chi connectivity index (χ2n) is 4.79. The molecule has 3 heterocycles. The highest BCUT2D eigenvalue weighted by molar-refractivity contribution is 5.88. The highest BCUT2D eigenvalue weighted by Gasteiger charge is 2.16. The van der Waals surface area contributed by atoms with Crippen molar-refractivity contribution in [2.24, 2.45) is 0 Å². The molecule has 106 valence electrons. The Kier molecular flexibility index (Phi) is 3.39. The fourth-order valence-corrected chi connectivity index (χ4v) is 2.45. The molecule has 0 unspecified atom stereocenters. The normalized spacial score (nSPS) is 12.2. The van der Waals surface area contributed by atoms with Crippen LogP contribution in [0.15, 0.2) is 42.7 Å². The molecule has 5 heteroatoms. The Bertz CT molecular complexity index is 806. The van der Waals surface area contributed by atoms with Crippen LogP contribution in [0.4, 0.5) is 0 Å². The van der Waals surface area contributed by atoms with E-state index in [-0.39, 0.29) is 19.2 Å². The molecule has 0 fully saturated rings. The van der Waals surface area contributed by atoms with Crippen LogP contribution >= 0.6 is 12.4 Å². The molecular weight excluding hydrogens is 288 g/mol. The van der Waals surface area contributed by atoms with E-state index in [1.54, 1.807) is 6.20 Å². The lowest BCUT2D eigenvalue weighted by atomic mass is 10.1. The molecule has 0 saturated carbocycles. The number of ether oxygens (including phenoxy) is 2. The van der Waals surface area contributed by atoms with Crippen molar-refractivity contribution in [3.63, 3.8) is 0 Å². The molecule has 2 aromatic heterocycles. The van der Waals surface area contributed by atoms with Crippen LogP contribution < -0.4 is 9.47 Å². The van der Waals surface area contributed by atoms with E-state index in [1.165, 1.54) is 0 Å². The summed E-state index contributed by atoms with van der Waals surface area (Å²) in [5.41, 5.74) is 4.00. The average Bonchev–Trinajstić information content (AvgIpc) is 2.93. The van der Waals surface area contributed by atoms with Gasteiger partial charge < -0.3 is 9.47 Å². The first-order chi connectivity index (χ1) is 9.81. The molecule has 0 amide bonds. The third-order valence-electron chi connectivity index (χ3n) is 3.47. The zero-order chi connectivity index (χ0) is 13.5. The summed E-state index contributed by atoms with van der Waals surface area (Å²) in [6.45, 7) is 2.35. The number of hydrogen-bond donors (Lipinski definition) is 0. The average molecular weight is 301 g/mol. The van der Waals surface area contributed by atoms with Crippen LogP contribution in [0, 0.1) is 6.92 Å². The van der Waals surface area contributed by atoms with Gasteiger partial charge in [0.15, 0.2) is 11.5 Å². The predicted octanol–water partition coefficient (Wildman–Crippen LogP) is 3.76. The van der Waals surface area contributed by atoms with Gasteiger partial charge in [0.2, 0.25) is 6.79 Å². The van der Waals surface area contributed by atoms with Crippen LogP contribution in [0.2, 0.25) is 0 Å². The van der Waals surface area contributed by atoms with Crippen molar-refractivity contribution in [2.75, 3.05) is 6.79 Å². The minimum Gasteiger partial charge on any atom is -0.454 e. The van der Waals surface area contributed by atoms with Gasteiger partial charge in [-0.15, -0.1) is 12.4 Å². The molecular formula is C16H13ClN2O2. The minimum absolute atomic E-state index is 0. The quantitative estimate of drug-likeness (QED) is 0.686. The first-order valence-electron chi connectivity index (χ1n) is 6.43. The van der Waals surface area contributed by atoms with Crippen molar-refractivity contribution < 1.29 is 9.47 Å². The zero-order valence-electron chi connectivity index (χ0n) is 11.4. The van der Waals surface area contributed by atoms with Gasteiger partial charge in [0.05, 0.1) is 11.2 Å². The van der Waals surface area contributed by atoms with Crippen molar-refractivity contribution in [1.29, 1.82) is 0 Å². The third-order valence-corrected chi connectivity index (χ3v) is 3.47. The van der Waals surface area contributed by atoms with Crippen molar-refractivity contribution in [2.45, 2.75) is 6.92 Å². The number of pyridine rings is 2. The number of benzene rings is 1. The second kappa shape index (κ2) is 5.22. The summed E-state index contributed by atoms with van der Waals surface area (Å²) in [5.74, 6) is 1.55. The van der Waals surface area contributed by atoms with Crippen molar-refractivity contribution in [3.05, 3.63) is 48.3 Å². The number of rotatable bonds is 1. The predicted molar refractivity (Wildman–Crippen MR) is 83.1 cm³/mol. The third kappa shape index (κ3) is 2.28. The summed E-state index contributed by atoms with van der Waals surface area (Å²) >= 11 is 0. The van der Waals surface area contributed by atoms with Gasteiger partial charge in [-0.1, -0.05) is 0 Å². The van der Waals surface area contributed by atoms with E-state index in [4.69, 9.17) is 14.5 Å². The standard InChI is InChI=1S/C16H12N2O2.ClH/c1-10-5-13(11-3-2-4-17-8-11)18-14-7-16-15(6-12(10)14)19-9-20-16;/h2-8H,9H2,1H3;1H. The van der Waals surface area contributed by atoms with E-state index in [1.807, 2.05) is 30.5 Å². The zero-order valence-corrected chi connectivity index (χ0v) is 12.2. The summed E-state index contributed by atoms with van der Waals surface area (Å²) in [5, 5.41) is 1.09. The van der Waals surface area contributed by atoms with E-state index >= 15 is 0 Å². The lowest BCUT2D eigenvalue weighted by Gasteiger charge is -2.07. The minimum atomic E-state index is 0. The van der Waals surface area contributed by atoms with Crippen molar-refractivity contribution in [3.8, 4) is 22.8 Å². The van der Waals surface area contributed by atoms with Gasteiger partial charge in [-0.25, -0.2) is 4.98 Å². The van der Waals surface area contributed by atoms with Gasteiger partial charge in [-0.05, 0) is 36.8 Å². The maximum Gasteiger partial charge on any atom is 0.231 e. The lowest BCUT2D eigenvalue weighted by Crippen LogP contribution is -1.92. The Morgan fingerprint density at radius 1 is 1.10 bits per heavy atom. The highest BCUT2D eigenvalue weighted by Crippen LogP contribution is 2.37. The largest absolute Gasteiger partial charge is 0.454 e. The Morgan fingerprint density at radius 2 is 1.90 bits per heavy atom. The number of aryl methyl sites for hydroxylation is 1. The first kappa shape index (κ1) is 13.6. The van der Waals surface area contributed by atoms with Crippen molar-refractivity contribution in [1.82, 2.24) is 9.97 Å². The molecule has 3 aromatic rings. The molecule has 0 atom stereocenters. The first-order valence-corrected chi connectivity index (χ1v) is 6.43. The molecule has 4 nitrogen and oxygen atoms in total. The molecule has 0 spiro atoms. The van der Waals surface area contributed by atoms with Gasteiger partial charge in [0, 0.05) is 29.4 Å². The Morgan fingerprint density at radius 3 is 2.67 bits per heavy atom. The van der Waals surface area contributed by atoms with Gasteiger partial charge in [-0.3, -0.25) is 4.98 Å². The van der Waals surface area contributed by atoms with Gasteiger partial charge in [0.1, 0.15) is 0 Å². The smallest absolute Gasteiger partial charge is 0.231 e. The number of aromatic nitrogens is 2. The van der Waals surface area contributed by atoms with Crippen LogP contribution in [0.1, 0.15) is 5.56 Å². The Balaban J connectivity index is 0.00000132. The monoisotopic (exact) mass is 300 g/mol. The van der Waals surface area contributed by atoms with E-state index in [9.17, 15) is 0 Å². The summed E-state index contributed by atoms with van der Waals surface area (Å²) in [4.78, 5) is 8.85. The van der Waals surface area contributed by atoms with E-state index in [2.05, 4.69) is 18.0 Å².